The number of hydrogen-bond donors (Lipinski definition) is 2. The zero-order valence-electron chi connectivity index (χ0n) is 11.2. The smallest absolute Gasteiger partial charge is 0.249 e. The first-order valence-electron chi connectivity index (χ1n) is 5.92. The number of hydrogen-bond acceptors (Lipinski definition) is 3. The number of amides is 1. The minimum Gasteiger partial charge on any atom is -0.369 e. The summed E-state index contributed by atoms with van der Waals surface area (Å²) in [5.41, 5.74) is 5.17. The van der Waals surface area contributed by atoms with Crippen molar-refractivity contribution in [3.8, 4) is 0 Å². The van der Waals surface area contributed by atoms with E-state index in [0.717, 1.165) is 6.42 Å². The molecule has 1 amide bonds. The van der Waals surface area contributed by atoms with E-state index in [1.54, 1.807) is 6.92 Å². The quantitative estimate of drug-likeness (QED) is 0.692. The SMILES string of the molecule is CC(C)CCOC(C)C(=O)NC(C)(C)CN. The first-order valence-corrected chi connectivity index (χ1v) is 5.92. The molecule has 0 aliphatic carbocycles. The van der Waals surface area contributed by atoms with E-state index in [9.17, 15) is 4.79 Å². The highest BCUT2D eigenvalue weighted by atomic mass is 16.5. The Balaban J connectivity index is 3.91. The Labute approximate surface area is 98.9 Å². The largest absolute Gasteiger partial charge is 0.369 e. The summed E-state index contributed by atoms with van der Waals surface area (Å²) in [4.78, 5) is 11.7. The number of nitrogens with two attached hydrogens (primary N) is 1. The number of nitrogens with one attached hydrogen (secondary N) is 1. The molecule has 0 aromatic heterocycles. The zero-order valence-corrected chi connectivity index (χ0v) is 11.2. The second-order valence-corrected chi connectivity index (χ2v) is 5.27. The molecule has 0 saturated heterocycles. The number of rotatable bonds is 7. The van der Waals surface area contributed by atoms with Crippen LogP contribution in [0.1, 0.15) is 41.0 Å². The van der Waals surface area contributed by atoms with Gasteiger partial charge in [0, 0.05) is 18.7 Å². The van der Waals surface area contributed by atoms with E-state index in [2.05, 4.69) is 19.2 Å². The van der Waals surface area contributed by atoms with Gasteiger partial charge >= 0.3 is 0 Å². The highest BCUT2D eigenvalue weighted by molar-refractivity contribution is 5.81. The Bertz CT molecular complexity index is 215. The van der Waals surface area contributed by atoms with Crippen molar-refractivity contribution in [3.63, 3.8) is 0 Å². The van der Waals surface area contributed by atoms with Crippen LogP contribution in [-0.2, 0) is 9.53 Å². The molecule has 1 unspecified atom stereocenters. The number of ether oxygens (including phenoxy) is 1. The van der Waals surface area contributed by atoms with Crippen LogP contribution in [0.5, 0.6) is 0 Å². The lowest BCUT2D eigenvalue weighted by Gasteiger charge is -2.26. The van der Waals surface area contributed by atoms with Gasteiger partial charge in [0.2, 0.25) is 5.91 Å². The third-order valence-electron chi connectivity index (χ3n) is 2.40. The third kappa shape index (κ3) is 6.80. The van der Waals surface area contributed by atoms with Gasteiger partial charge in [-0.3, -0.25) is 4.79 Å². The van der Waals surface area contributed by atoms with Crippen molar-refractivity contribution >= 4 is 5.91 Å². The first kappa shape index (κ1) is 15.4. The fourth-order valence-electron chi connectivity index (χ4n) is 1.04. The van der Waals surface area contributed by atoms with Crippen LogP contribution in [0.4, 0.5) is 0 Å². The summed E-state index contributed by atoms with van der Waals surface area (Å²) in [6, 6.07) is 0. The summed E-state index contributed by atoms with van der Waals surface area (Å²) < 4.78 is 5.45. The third-order valence-corrected chi connectivity index (χ3v) is 2.40. The Morgan fingerprint density at radius 1 is 1.38 bits per heavy atom. The molecular weight excluding hydrogens is 204 g/mol. The van der Waals surface area contributed by atoms with E-state index in [-0.39, 0.29) is 11.4 Å². The molecule has 96 valence electrons. The van der Waals surface area contributed by atoms with Crippen LogP contribution in [0.25, 0.3) is 0 Å². The van der Waals surface area contributed by atoms with Crippen LogP contribution in [0, 0.1) is 5.92 Å². The van der Waals surface area contributed by atoms with E-state index in [1.807, 2.05) is 13.8 Å². The Morgan fingerprint density at radius 2 is 1.94 bits per heavy atom. The van der Waals surface area contributed by atoms with Crippen LogP contribution < -0.4 is 11.1 Å². The highest BCUT2D eigenvalue weighted by Gasteiger charge is 2.22. The average Bonchev–Trinajstić information content (AvgIpc) is 2.16. The molecule has 16 heavy (non-hydrogen) atoms. The molecule has 0 spiro atoms. The van der Waals surface area contributed by atoms with Crippen LogP contribution in [0.2, 0.25) is 0 Å². The van der Waals surface area contributed by atoms with Crippen molar-refractivity contribution < 1.29 is 9.53 Å². The van der Waals surface area contributed by atoms with Gasteiger partial charge in [-0.15, -0.1) is 0 Å². The highest BCUT2D eigenvalue weighted by Crippen LogP contribution is 2.04. The molecule has 0 radical (unpaired) electrons. The van der Waals surface area contributed by atoms with Gasteiger partial charge in [-0.05, 0) is 33.1 Å². The van der Waals surface area contributed by atoms with E-state index in [1.165, 1.54) is 0 Å². The monoisotopic (exact) mass is 230 g/mol. The Morgan fingerprint density at radius 3 is 2.38 bits per heavy atom. The van der Waals surface area contributed by atoms with Crippen LogP contribution in [0.15, 0.2) is 0 Å². The zero-order chi connectivity index (χ0) is 12.8. The van der Waals surface area contributed by atoms with Crippen LogP contribution in [-0.4, -0.2) is 30.7 Å². The molecule has 0 saturated carbocycles. The summed E-state index contributed by atoms with van der Waals surface area (Å²) >= 11 is 0. The molecule has 0 aliphatic heterocycles. The molecule has 0 heterocycles. The molecule has 4 nitrogen and oxygen atoms in total. The van der Waals surface area contributed by atoms with Gasteiger partial charge in [0.25, 0.3) is 0 Å². The summed E-state index contributed by atoms with van der Waals surface area (Å²) in [6.07, 6.45) is 0.558. The van der Waals surface area contributed by atoms with Crippen molar-refractivity contribution in [2.45, 2.75) is 52.7 Å². The molecule has 0 aliphatic rings. The molecule has 0 aromatic carbocycles. The molecule has 0 aromatic rings. The molecular formula is C12H26N2O2. The molecule has 0 bridgehead atoms. The lowest BCUT2D eigenvalue weighted by atomic mass is 10.1. The van der Waals surface area contributed by atoms with Gasteiger partial charge in [0.05, 0.1) is 0 Å². The predicted octanol–water partition coefficient (Wildman–Crippen LogP) is 1.29. The Kier molecular flexibility index (Phi) is 6.60. The maximum Gasteiger partial charge on any atom is 0.249 e. The second-order valence-electron chi connectivity index (χ2n) is 5.27. The number of carbonyl (C=O) groups excluding carboxylic acids is 1. The average molecular weight is 230 g/mol. The van der Waals surface area contributed by atoms with Gasteiger partial charge in [-0.2, -0.15) is 0 Å². The van der Waals surface area contributed by atoms with Crippen LogP contribution >= 0.6 is 0 Å². The molecule has 0 rings (SSSR count). The summed E-state index contributed by atoms with van der Waals surface area (Å²) in [5.74, 6) is 0.495. The topological polar surface area (TPSA) is 64.3 Å². The fourth-order valence-corrected chi connectivity index (χ4v) is 1.04. The summed E-state index contributed by atoms with van der Waals surface area (Å²) in [7, 11) is 0. The van der Waals surface area contributed by atoms with E-state index in [4.69, 9.17) is 10.5 Å². The van der Waals surface area contributed by atoms with E-state index < -0.39 is 6.10 Å². The maximum atomic E-state index is 11.7. The maximum absolute atomic E-state index is 11.7. The molecule has 3 N–H and O–H groups in total. The normalized spacial score (nSPS) is 13.9. The van der Waals surface area contributed by atoms with Crippen molar-refractivity contribution in [2.75, 3.05) is 13.2 Å². The first-order chi connectivity index (χ1) is 7.28. The van der Waals surface area contributed by atoms with Gasteiger partial charge in [0.1, 0.15) is 6.10 Å². The van der Waals surface area contributed by atoms with Gasteiger partial charge in [-0.1, -0.05) is 13.8 Å². The van der Waals surface area contributed by atoms with E-state index in [0.29, 0.717) is 19.1 Å². The van der Waals surface area contributed by atoms with Crippen LogP contribution in [0.3, 0.4) is 0 Å². The second kappa shape index (κ2) is 6.86. The standard InChI is InChI=1S/C12H26N2O2/c1-9(2)6-7-16-10(3)11(15)14-12(4,5)8-13/h9-10H,6-8,13H2,1-5H3,(H,14,15). The van der Waals surface area contributed by atoms with Crippen molar-refractivity contribution in [1.82, 2.24) is 5.32 Å². The Hall–Kier alpha value is -0.610. The van der Waals surface area contributed by atoms with Crippen molar-refractivity contribution in [2.24, 2.45) is 11.7 Å². The number of carbonyl (C=O) groups is 1. The summed E-state index contributed by atoms with van der Waals surface area (Å²) in [6.45, 7) is 10.9. The summed E-state index contributed by atoms with van der Waals surface area (Å²) in [5, 5.41) is 2.85. The lowest BCUT2D eigenvalue weighted by molar-refractivity contribution is -0.133. The van der Waals surface area contributed by atoms with Crippen molar-refractivity contribution in [3.05, 3.63) is 0 Å². The minimum atomic E-state index is -0.412. The molecule has 1 atom stereocenters. The minimum absolute atomic E-state index is 0.0980. The predicted molar refractivity (Wildman–Crippen MR) is 66.1 cm³/mol. The molecule has 4 heteroatoms. The lowest BCUT2D eigenvalue weighted by Crippen LogP contribution is -2.52. The fraction of sp³-hybridized carbons (Fsp3) is 0.917. The van der Waals surface area contributed by atoms with Gasteiger partial charge < -0.3 is 15.8 Å². The molecule has 0 fully saturated rings. The van der Waals surface area contributed by atoms with E-state index >= 15 is 0 Å². The van der Waals surface area contributed by atoms with Gasteiger partial charge in [-0.25, -0.2) is 0 Å². The van der Waals surface area contributed by atoms with Gasteiger partial charge in [0.15, 0.2) is 0 Å². The van der Waals surface area contributed by atoms with Crippen molar-refractivity contribution in [1.29, 1.82) is 0 Å².